The molecule has 3 N–H and O–H groups in total. The van der Waals surface area contributed by atoms with Gasteiger partial charge >= 0.3 is 0 Å². The topological polar surface area (TPSA) is 125 Å². The Balaban J connectivity index is 1.71. The Bertz CT molecular complexity index is 585. The van der Waals surface area contributed by atoms with Gasteiger partial charge in [0.1, 0.15) is 11.7 Å². The molecule has 8 heteroatoms. The second kappa shape index (κ2) is 8.19. The van der Waals surface area contributed by atoms with Crippen molar-refractivity contribution in [3.63, 3.8) is 0 Å². The van der Waals surface area contributed by atoms with E-state index in [9.17, 15) is 9.59 Å². The Morgan fingerprint density at radius 1 is 1.52 bits per heavy atom. The summed E-state index contributed by atoms with van der Waals surface area (Å²) >= 11 is 0. The molecule has 0 aromatic carbocycles. The van der Waals surface area contributed by atoms with Crippen LogP contribution in [0.3, 0.4) is 0 Å². The Kier molecular flexibility index (Phi) is 6.00. The van der Waals surface area contributed by atoms with Crippen molar-refractivity contribution in [2.45, 2.75) is 37.8 Å². The van der Waals surface area contributed by atoms with Crippen LogP contribution in [0.25, 0.3) is 0 Å². The second-order valence-corrected chi connectivity index (χ2v) is 5.41. The van der Waals surface area contributed by atoms with E-state index in [4.69, 9.17) is 11.0 Å². The molecule has 2 heterocycles. The first-order valence-corrected chi connectivity index (χ1v) is 7.63. The average Bonchev–Trinajstić information content (AvgIpc) is 3.07. The van der Waals surface area contributed by atoms with Gasteiger partial charge in [0.05, 0.1) is 18.3 Å². The van der Waals surface area contributed by atoms with Crippen molar-refractivity contribution in [2.75, 3.05) is 13.1 Å². The summed E-state index contributed by atoms with van der Waals surface area (Å²) in [6.45, 7) is 0.992. The number of hydrogen-bond donors (Lipinski definition) is 2. The largest absolute Gasteiger partial charge is 0.351 e. The highest BCUT2D eigenvalue weighted by molar-refractivity contribution is 5.91. The molecule has 2 atom stereocenters. The normalized spacial score (nSPS) is 18.3. The number of carbonyl (C=O) groups is 2. The van der Waals surface area contributed by atoms with Gasteiger partial charge in [-0.1, -0.05) is 0 Å². The molecule has 1 aromatic rings. The third-order valence-electron chi connectivity index (χ3n) is 3.78. The monoisotopic (exact) mass is 316 g/mol. The van der Waals surface area contributed by atoms with Crippen LogP contribution >= 0.6 is 0 Å². The quantitative estimate of drug-likeness (QED) is 0.702. The third kappa shape index (κ3) is 4.47. The molecule has 0 radical (unpaired) electrons. The molecule has 1 fully saturated rings. The molecule has 0 spiro atoms. The minimum Gasteiger partial charge on any atom is -0.351 e. The Hall–Kier alpha value is -2.53. The maximum Gasteiger partial charge on any atom is 0.271 e. The van der Waals surface area contributed by atoms with Crippen molar-refractivity contribution >= 4 is 11.8 Å². The fourth-order valence-electron chi connectivity index (χ4n) is 2.53. The van der Waals surface area contributed by atoms with Crippen molar-refractivity contribution in [3.8, 4) is 6.07 Å². The number of nitrogens with one attached hydrogen (secondary N) is 1. The fraction of sp³-hybridized carbons (Fsp3) is 0.533. The lowest BCUT2D eigenvalue weighted by atomic mass is 10.1. The fourth-order valence-corrected chi connectivity index (χ4v) is 2.53. The molecule has 23 heavy (non-hydrogen) atoms. The first-order chi connectivity index (χ1) is 11.1. The number of amides is 2. The molecule has 1 aliphatic rings. The van der Waals surface area contributed by atoms with Crippen LogP contribution in [0.1, 0.15) is 36.2 Å². The van der Waals surface area contributed by atoms with Crippen molar-refractivity contribution in [3.05, 3.63) is 24.3 Å². The van der Waals surface area contributed by atoms with Crippen LogP contribution in [0, 0.1) is 11.3 Å². The van der Waals surface area contributed by atoms with E-state index in [0.29, 0.717) is 32.4 Å². The van der Waals surface area contributed by atoms with Gasteiger partial charge in [0.2, 0.25) is 5.91 Å². The van der Waals surface area contributed by atoms with Gasteiger partial charge in [-0.2, -0.15) is 5.26 Å². The highest BCUT2D eigenvalue weighted by Crippen LogP contribution is 2.17. The number of nitriles is 1. The average molecular weight is 316 g/mol. The first-order valence-electron chi connectivity index (χ1n) is 7.63. The zero-order chi connectivity index (χ0) is 16.7. The van der Waals surface area contributed by atoms with Crippen LogP contribution < -0.4 is 11.1 Å². The lowest BCUT2D eigenvalue weighted by Gasteiger charge is -2.23. The van der Waals surface area contributed by atoms with Gasteiger partial charge in [0.25, 0.3) is 5.91 Å². The van der Waals surface area contributed by atoms with Gasteiger partial charge in [-0.05, 0) is 25.7 Å². The highest BCUT2D eigenvalue weighted by Gasteiger charge is 2.31. The van der Waals surface area contributed by atoms with E-state index in [-0.39, 0.29) is 23.6 Å². The summed E-state index contributed by atoms with van der Waals surface area (Å²) in [6, 6.07) is 1.13. The summed E-state index contributed by atoms with van der Waals surface area (Å²) in [6.07, 6.45) is 6.91. The summed E-state index contributed by atoms with van der Waals surface area (Å²) in [4.78, 5) is 33.2. The van der Waals surface area contributed by atoms with Gasteiger partial charge in [0.15, 0.2) is 0 Å². The number of carbonyl (C=O) groups excluding carboxylic acids is 2. The van der Waals surface area contributed by atoms with Crippen LogP contribution in [-0.2, 0) is 4.79 Å². The van der Waals surface area contributed by atoms with Gasteiger partial charge in [0, 0.05) is 25.5 Å². The molecule has 1 aromatic heterocycles. The molecule has 0 bridgehead atoms. The Labute approximate surface area is 134 Å². The third-order valence-corrected chi connectivity index (χ3v) is 3.78. The van der Waals surface area contributed by atoms with E-state index in [0.717, 1.165) is 6.42 Å². The zero-order valence-corrected chi connectivity index (χ0v) is 12.8. The van der Waals surface area contributed by atoms with Crippen molar-refractivity contribution in [2.24, 2.45) is 5.73 Å². The molecule has 122 valence electrons. The molecular formula is C15H20N6O2. The minimum atomic E-state index is -0.641. The van der Waals surface area contributed by atoms with E-state index in [1.165, 1.54) is 18.6 Å². The lowest BCUT2D eigenvalue weighted by molar-refractivity contribution is -0.132. The molecule has 0 saturated carbocycles. The maximum atomic E-state index is 12.2. The van der Waals surface area contributed by atoms with E-state index >= 15 is 0 Å². The number of rotatable bonds is 6. The number of nitrogens with zero attached hydrogens (tertiary/aromatic N) is 4. The molecular weight excluding hydrogens is 296 g/mol. The van der Waals surface area contributed by atoms with E-state index in [2.05, 4.69) is 21.4 Å². The van der Waals surface area contributed by atoms with Crippen molar-refractivity contribution in [1.29, 1.82) is 5.26 Å². The van der Waals surface area contributed by atoms with Crippen LogP contribution in [0.4, 0.5) is 0 Å². The minimum absolute atomic E-state index is 0.186. The lowest BCUT2D eigenvalue weighted by Crippen LogP contribution is -2.45. The molecule has 2 amide bonds. The van der Waals surface area contributed by atoms with Gasteiger partial charge < -0.3 is 16.0 Å². The van der Waals surface area contributed by atoms with E-state index in [1.807, 2.05) is 0 Å². The molecule has 1 aliphatic heterocycles. The summed E-state index contributed by atoms with van der Waals surface area (Å²) in [7, 11) is 0. The molecule has 1 unspecified atom stereocenters. The van der Waals surface area contributed by atoms with E-state index in [1.54, 1.807) is 4.90 Å². The van der Waals surface area contributed by atoms with Crippen LogP contribution in [-0.4, -0.2) is 51.9 Å². The molecule has 1 saturated heterocycles. The number of likely N-dealkylation sites (tertiary alicyclic amines) is 1. The van der Waals surface area contributed by atoms with Gasteiger partial charge in [-0.3, -0.25) is 14.6 Å². The zero-order valence-electron chi connectivity index (χ0n) is 12.8. The summed E-state index contributed by atoms with van der Waals surface area (Å²) < 4.78 is 0. The standard InChI is InChI=1S/C15H20N6O2/c16-9-11-3-2-8-21(11)15(23)12(17)4-1-5-20-14(22)13-10-18-6-7-19-13/h6-7,10-12H,1-5,8,17H2,(H,20,22)/t11-,12?/m0/s1. The molecule has 0 aliphatic carbocycles. The van der Waals surface area contributed by atoms with Crippen LogP contribution in [0.2, 0.25) is 0 Å². The SMILES string of the molecule is N#C[C@@H]1CCCN1C(=O)C(N)CCCNC(=O)c1cnccn1. The van der Waals surface area contributed by atoms with Crippen molar-refractivity contribution < 1.29 is 9.59 Å². The second-order valence-electron chi connectivity index (χ2n) is 5.41. The maximum absolute atomic E-state index is 12.2. The van der Waals surface area contributed by atoms with Gasteiger partial charge in [-0.15, -0.1) is 0 Å². The highest BCUT2D eigenvalue weighted by atomic mass is 16.2. The number of aromatic nitrogens is 2. The van der Waals surface area contributed by atoms with Gasteiger partial charge in [-0.25, -0.2) is 4.98 Å². The predicted molar refractivity (Wildman–Crippen MR) is 81.9 cm³/mol. The van der Waals surface area contributed by atoms with Crippen LogP contribution in [0.15, 0.2) is 18.6 Å². The Morgan fingerprint density at radius 3 is 3.04 bits per heavy atom. The summed E-state index contributed by atoms with van der Waals surface area (Å²) in [5, 5.41) is 11.7. The molecule has 2 rings (SSSR count). The smallest absolute Gasteiger partial charge is 0.271 e. The number of nitrogens with two attached hydrogens (primary N) is 1. The number of hydrogen-bond acceptors (Lipinski definition) is 6. The summed E-state index contributed by atoms with van der Waals surface area (Å²) in [5.74, 6) is -0.489. The first kappa shape index (κ1) is 16.8. The summed E-state index contributed by atoms with van der Waals surface area (Å²) in [5.41, 5.74) is 6.16. The predicted octanol–water partition coefficient (Wildman–Crippen LogP) is -0.172. The molecule has 8 nitrogen and oxygen atoms in total. The Morgan fingerprint density at radius 2 is 2.35 bits per heavy atom. The van der Waals surface area contributed by atoms with Crippen LogP contribution in [0.5, 0.6) is 0 Å². The van der Waals surface area contributed by atoms with Crippen molar-refractivity contribution in [1.82, 2.24) is 20.2 Å². The van der Waals surface area contributed by atoms with E-state index < -0.39 is 6.04 Å².